The van der Waals surface area contributed by atoms with Crippen molar-refractivity contribution in [3.05, 3.63) is 112 Å². The third kappa shape index (κ3) is 3.78. The molecular weight excluding hydrogens is 481 g/mol. The number of hydrogen-bond donors (Lipinski definition) is 2. The van der Waals surface area contributed by atoms with Gasteiger partial charge in [-0.05, 0) is 61.4 Å². The minimum atomic E-state index is -0.586. The Morgan fingerprint density at radius 1 is 0.921 bits per heavy atom. The first-order valence-electron chi connectivity index (χ1n) is 12.1. The van der Waals surface area contributed by atoms with E-state index in [1.165, 1.54) is 12.1 Å². The average molecular weight is 506 g/mol. The Kier molecular flexibility index (Phi) is 5.45. The number of aryl methyl sites for hydroxylation is 2. The number of para-hydroxylation sites is 1. The molecule has 0 atom stereocenters. The highest BCUT2D eigenvalue weighted by atomic mass is 19.1. The molecule has 6 rings (SSSR count). The maximum absolute atomic E-state index is 14.2. The Hall–Kier alpha value is -4.98. The van der Waals surface area contributed by atoms with Gasteiger partial charge in [-0.2, -0.15) is 5.10 Å². The minimum Gasteiger partial charge on any atom is -0.508 e. The van der Waals surface area contributed by atoms with E-state index in [1.54, 1.807) is 15.3 Å². The van der Waals surface area contributed by atoms with Gasteiger partial charge in [0.05, 0.1) is 27.5 Å². The molecule has 4 aromatic carbocycles. The molecule has 8 heteroatoms. The number of benzene rings is 4. The van der Waals surface area contributed by atoms with Crippen molar-refractivity contribution in [2.24, 2.45) is 0 Å². The number of phenols is 1. The normalized spacial score (nSPS) is 11.4. The predicted molar refractivity (Wildman–Crippen MR) is 147 cm³/mol. The van der Waals surface area contributed by atoms with Crippen LogP contribution in [0.15, 0.2) is 83.7 Å². The second-order valence-corrected chi connectivity index (χ2v) is 9.37. The van der Waals surface area contributed by atoms with Crippen LogP contribution in [0.4, 0.5) is 10.1 Å². The molecule has 0 saturated heterocycles. The molecule has 0 aliphatic rings. The summed E-state index contributed by atoms with van der Waals surface area (Å²) in [6.45, 7) is 4.00. The molecule has 6 aromatic rings. The van der Waals surface area contributed by atoms with Crippen molar-refractivity contribution < 1.29 is 9.50 Å². The zero-order chi connectivity index (χ0) is 26.6. The largest absolute Gasteiger partial charge is 0.508 e. The fraction of sp³-hybridized carbons (Fsp3) is 0.100. The Morgan fingerprint density at radius 3 is 2.47 bits per heavy atom. The Morgan fingerprint density at radius 2 is 1.68 bits per heavy atom. The van der Waals surface area contributed by atoms with Gasteiger partial charge in [0.25, 0.3) is 5.56 Å². The number of aromatic nitrogens is 4. The van der Waals surface area contributed by atoms with Crippen LogP contribution in [0.2, 0.25) is 0 Å². The molecule has 3 N–H and O–H groups in total. The zero-order valence-electron chi connectivity index (χ0n) is 20.8. The highest BCUT2D eigenvalue weighted by Gasteiger charge is 2.20. The van der Waals surface area contributed by atoms with E-state index >= 15 is 0 Å². The van der Waals surface area contributed by atoms with Crippen molar-refractivity contribution in [2.45, 2.75) is 20.4 Å². The Balaban J connectivity index is 1.63. The van der Waals surface area contributed by atoms with E-state index < -0.39 is 5.82 Å². The molecule has 0 bridgehead atoms. The smallest absolute Gasteiger partial charge is 0.266 e. The number of anilines is 1. The highest BCUT2D eigenvalue weighted by Crippen LogP contribution is 2.34. The maximum Gasteiger partial charge on any atom is 0.266 e. The van der Waals surface area contributed by atoms with Crippen molar-refractivity contribution in [1.82, 2.24) is 19.3 Å². The first-order valence-corrected chi connectivity index (χ1v) is 12.1. The summed E-state index contributed by atoms with van der Waals surface area (Å²) in [6, 6.07) is 22.5. The number of aromatic hydroxyl groups is 1. The summed E-state index contributed by atoms with van der Waals surface area (Å²) in [4.78, 5) is 18.9. The Bertz CT molecular complexity index is 1920. The number of nitrogens with zero attached hydrogens (tertiary/aromatic N) is 4. The predicted octanol–water partition coefficient (Wildman–Crippen LogP) is 5.49. The summed E-state index contributed by atoms with van der Waals surface area (Å²) in [5.74, 6) is -0.308. The van der Waals surface area contributed by atoms with Crippen molar-refractivity contribution >= 4 is 27.5 Å². The number of fused-ring (bicyclic) bond motifs is 2. The number of hydrogen-bond acceptors (Lipinski definition) is 5. The zero-order valence-corrected chi connectivity index (χ0v) is 20.8. The van der Waals surface area contributed by atoms with Gasteiger partial charge in [-0.25, -0.2) is 9.37 Å². The molecule has 0 radical (unpaired) electrons. The first-order chi connectivity index (χ1) is 18.3. The number of halogens is 1. The van der Waals surface area contributed by atoms with E-state index in [0.29, 0.717) is 44.6 Å². The third-order valence-corrected chi connectivity index (χ3v) is 6.79. The monoisotopic (exact) mass is 505 g/mol. The van der Waals surface area contributed by atoms with Crippen LogP contribution in [0, 0.1) is 19.7 Å². The van der Waals surface area contributed by atoms with Crippen LogP contribution in [0.25, 0.3) is 38.8 Å². The van der Waals surface area contributed by atoms with Crippen LogP contribution in [0.5, 0.6) is 5.75 Å². The number of rotatable bonds is 4. The van der Waals surface area contributed by atoms with E-state index in [9.17, 15) is 14.3 Å². The molecule has 188 valence electrons. The maximum atomic E-state index is 14.2. The van der Waals surface area contributed by atoms with Gasteiger partial charge in [0, 0.05) is 17.3 Å². The molecule has 0 spiro atoms. The van der Waals surface area contributed by atoms with Crippen LogP contribution in [0.3, 0.4) is 0 Å². The van der Waals surface area contributed by atoms with E-state index in [2.05, 4.69) is 0 Å². The van der Waals surface area contributed by atoms with Crippen LogP contribution in [0.1, 0.15) is 17.0 Å². The van der Waals surface area contributed by atoms with Gasteiger partial charge in [0.1, 0.15) is 29.6 Å². The topological polar surface area (TPSA) is 99.0 Å². The van der Waals surface area contributed by atoms with Crippen molar-refractivity contribution in [1.29, 1.82) is 0 Å². The van der Waals surface area contributed by atoms with Crippen molar-refractivity contribution in [3.63, 3.8) is 0 Å². The van der Waals surface area contributed by atoms with E-state index in [0.717, 1.165) is 22.9 Å². The molecule has 0 amide bonds. The van der Waals surface area contributed by atoms with Gasteiger partial charge in [-0.15, -0.1) is 0 Å². The molecule has 7 nitrogen and oxygen atoms in total. The summed E-state index contributed by atoms with van der Waals surface area (Å²) < 4.78 is 17.5. The summed E-state index contributed by atoms with van der Waals surface area (Å²) in [6.07, 6.45) is 0. The molecule has 2 aromatic heterocycles. The fourth-order valence-electron chi connectivity index (χ4n) is 5.03. The molecule has 0 aliphatic heterocycles. The lowest BCUT2D eigenvalue weighted by Gasteiger charge is -2.16. The number of nitrogens with two attached hydrogens (primary N) is 1. The SMILES string of the molecule is Cc1ccccc1-n1c(Cn2nc(-c3cc(O)cc(F)c3)c3c(N)cccc32)nc2cccc(C)c2c1=O. The number of phenolic OH excluding ortho intramolecular Hbond substituents is 1. The molecule has 0 fully saturated rings. The quantitative estimate of drug-likeness (QED) is 0.309. The Labute approximate surface area is 217 Å². The summed E-state index contributed by atoms with van der Waals surface area (Å²) in [5.41, 5.74) is 11.3. The lowest BCUT2D eigenvalue weighted by atomic mass is 10.1. The van der Waals surface area contributed by atoms with Crippen LogP contribution in [-0.4, -0.2) is 24.4 Å². The summed E-state index contributed by atoms with van der Waals surface area (Å²) >= 11 is 0. The molecule has 0 unspecified atom stereocenters. The van der Waals surface area contributed by atoms with Gasteiger partial charge < -0.3 is 10.8 Å². The van der Waals surface area contributed by atoms with Gasteiger partial charge in [0.2, 0.25) is 0 Å². The van der Waals surface area contributed by atoms with Gasteiger partial charge in [-0.3, -0.25) is 14.0 Å². The second kappa shape index (κ2) is 8.85. The standard InChI is InChI=1S/C30H24FN5O2/c1-17-7-3-4-11-24(17)36-26(33-23-10-5-8-18(2)27(23)30(36)38)16-35-25-12-6-9-22(32)28(25)29(34-35)19-13-20(31)15-21(37)14-19/h3-15,37H,16,32H2,1-2H3. The molecule has 0 aliphatic carbocycles. The van der Waals surface area contributed by atoms with Crippen LogP contribution < -0.4 is 11.3 Å². The molecule has 0 saturated carbocycles. The lowest BCUT2D eigenvalue weighted by Crippen LogP contribution is -2.26. The van der Waals surface area contributed by atoms with Crippen molar-refractivity contribution in [2.75, 3.05) is 5.73 Å². The van der Waals surface area contributed by atoms with Gasteiger partial charge in [0.15, 0.2) is 0 Å². The third-order valence-electron chi connectivity index (χ3n) is 6.79. The van der Waals surface area contributed by atoms with Crippen LogP contribution in [-0.2, 0) is 6.54 Å². The van der Waals surface area contributed by atoms with E-state index in [-0.39, 0.29) is 17.9 Å². The van der Waals surface area contributed by atoms with Gasteiger partial charge in [-0.1, -0.05) is 36.4 Å². The molecular formula is C30H24FN5O2. The molecule has 2 heterocycles. The summed E-state index contributed by atoms with van der Waals surface area (Å²) in [5, 5.41) is 16.0. The molecule has 38 heavy (non-hydrogen) atoms. The van der Waals surface area contributed by atoms with Crippen LogP contribution >= 0.6 is 0 Å². The van der Waals surface area contributed by atoms with Gasteiger partial charge >= 0.3 is 0 Å². The summed E-state index contributed by atoms with van der Waals surface area (Å²) in [7, 11) is 0. The highest BCUT2D eigenvalue weighted by molar-refractivity contribution is 6.01. The van der Waals surface area contributed by atoms with E-state index in [1.807, 2.05) is 68.4 Å². The van der Waals surface area contributed by atoms with Crippen molar-refractivity contribution in [3.8, 4) is 22.7 Å². The lowest BCUT2D eigenvalue weighted by molar-refractivity contribution is 0.469. The average Bonchev–Trinajstić information content (AvgIpc) is 3.24. The fourth-order valence-corrected chi connectivity index (χ4v) is 5.03. The van der Waals surface area contributed by atoms with E-state index in [4.69, 9.17) is 15.8 Å². The minimum absolute atomic E-state index is 0.148. The number of nitrogen functional groups attached to an aromatic ring is 1. The first kappa shape index (κ1) is 23.4. The second-order valence-electron chi connectivity index (χ2n) is 9.37.